The maximum atomic E-state index is 9.13. The Bertz CT molecular complexity index is 523. The molecule has 0 bridgehead atoms. The van der Waals surface area contributed by atoms with E-state index in [1.807, 2.05) is 29.0 Å². The normalized spacial score (nSPS) is 10.1. The van der Waals surface area contributed by atoms with Crippen molar-refractivity contribution in [2.45, 2.75) is 13.0 Å². The van der Waals surface area contributed by atoms with Crippen LogP contribution in [-0.2, 0) is 13.0 Å². The second-order valence-corrected chi connectivity index (χ2v) is 3.88. The highest BCUT2D eigenvalue weighted by Crippen LogP contribution is 2.13. The van der Waals surface area contributed by atoms with Crippen molar-refractivity contribution in [1.82, 2.24) is 9.55 Å². The Morgan fingerprint density at radius 2 is 2.29 bits per heavy atom. The summed E-state index contributed by atoms with van der Waals surface area (Å²) in [6, 6.07) is 8.17. The van der Waals surface area contributed by atoms with E-state index in [-0.39, 0.29) is 0 Å². The Hall–Kier alpha value is -2.12. The van der Waals surface area contributed by atoms with Crippen LogP contribution in [0.15, 0.2) is 36.9 Å². The topological polar surface area (TPSA) is 67.6 Å². The first-order valence-corrected chi connectivity index (χ1v) is 5.51. The molecule has 4 heteroatoms. The van der Waals surface area contributed by atoms with Gasteiger partial charge in [0.15, 0.2) is 0 Å². The van der Waals surface area contributed by atoms with Gasteiger partial charge in [0.2, 0.25) is 0 Å². The number of nitrogens with zero attached hydrogens (tertiary/aromatic N) is 3. The lowest BCUT2D eigenvalue weighted by molar-refractivity contribution is 0.794. The van der Waals surface area contributed by atoms with Crippen LogP contribution >= 0.6 is 0 Å². The maximum absolute atomic E-state index is 9.13. The molecule has 4 nitrogen and oxygen atoms in total. The monoisotopic (exact) mass is 226 g/mol. The molecular weight excluding hydrogens is 212 g/mol. The van der Waals surface area contributed by atoms with Crippen LogP contribution in [0, 0.1) is 11.3 Å². The molecule has 1 heterocycles. The summed E-state index contributed by atoms with van der Waals surface area (Å²) in [6.07, 6.45) is 6.17. The van der Waals surface area contributed by atoms with E-state index in [9.17, 15) is 0 Å². The van der Waals surface area contributed by atoms with Gasteiger partial charge in [-0.25, -0.2) is 4.98 Å². The van der Waals surface area contributed by atoms with Crippen LogP contribution in [0.4, 0.5) is 0 Å². The molecule has 1 aromatic heterocycles. The first-order valence-electron chi connectivity index (χ1n) is 5.51. The van der Waals surface area contributed by atoms with E-state index in [0.29, 0.717) is 18.7 Å². The molecule has 0 radical (unpaired) electrons. The molecule has 1 aromatic carbocycles. The molecule has 0 saturated carbocycles. The highest BCUT2D eigenvalue weighted by Gasteiger charge is 2.04. The van der Waals surface area contributed by atoms with E-state index >= 15 is 0 Å². The average Bonchev–Trinajstić information content (AvgIpc) is 2.84. The Morgan fingerprint density at radius 1 is 1.41 bits per heavy atom. The highest BCUT2D eigenvalue weighted by atomic mass is 15.0. The van der Waals surface area contributed by atoms with Crippen LogP contribution < -0.4 is 5.73 Å². The molecule has 0 aliphatic rings. The molecule has 0 aliphatic carbocycles. The standard InChI is InChI=1S/C13H14N4/c14-4-3-11-1-2-12(13(7-11)8-15)9-17-6-5-16-10-17/h1-2,5-7,10H,3-4,9,14H2. The Morgan fingerprint density at radius 3 is 2.94 bits per heavy atom. The number of hydrogen-bond acceptors (Lipinski definition) is 3. The number of imidazole rings is 1. The lowest BCUT2D eigenvalue weighted by Crippen LogP contribution is -2.04. The molecule has 0 amide bonds. The predicted octanol–water partition coefficient (Wildman–Crippen LogP) is 1.30. The van der Waals surface area contributed by atoms with Crippen molar-refractivity contribution in [2.24, 2.45) is 5.73 Å². The van der Waals surface area contributed by atoms with Crippen LogP contribution in [0.3, 0.4) is 0 Å². The summed E-state index contributed by atoms with van der Waals surface area (Å²) in [5.41, 5.74) is 8.33. The minimum absolute atomic E-state index is 0.603. The van der Waals surface area contributed by atoms with E-state index in [1.54, 1.807) is 12.5 Å². The summed E-state index contributed by atoms with van der Waals surface area (Å²) >= 11 is 0. The van der Waals surface area contributed by atoms with Gasteiger partial charge in [-0.2, -0.15) is 5.26 Å². The largest absolute Gasteiger partial charge is 0.333 e. The van der Waals surface area contributed by atoms with Crippen LogP contribution in [0.1, 0.15) is 16.7 Å². The van der Waals surface area contributed by atoms with Crippen LogP contribution in [0.25, 0.3) is 0 Å². The SMILES string of the molecule is N#Cc1cc(CCN)ccc1Cn1ccnc1. The fraction of sp³-hybridized carbons (Fsp3) is 0.231. The fourth-order valence-corrected chi connectivity index (χ4v) is 1.76. The molecule has 2 rings (SSSR count). The third kappa shape index (κ3) is 2.71. The molecule has 0 spiro atoms. The minimum Gasteiger partial charge on any atom is -0.333 e. The predicted molar refractivity (Wildman–Crippen MR) is 65.2 cm³/mol. The highest BCUT2D eigenvalue weighted by molar-refractivity contribution is 5.41. The maximum Gasteiger partial charge on any atom is 0.0995 e. The van der Waals surface area contributed by atoms with Gasteiger partial charge in [-0.05, 0) is 30.2 Å². The lowest BCUT2D eigenvalue weighted by atomic mass is 10.0. The summed E-state index contributed by atoms with van der Waals surface area (Å²) in [5, 5.41) is 9.13. The van der Waals surface area contributed by atoms with E-state index in [0.717, 1.165) is 17.5 Å². The smallest absolute Gasteiger partial charge is 0.0995 e. The Kier molecular flexibility index (Phi) is 3.53. The van der Waals surface area contributed by atoms with Crippen molar-refractivity contribution < 1.29 is 0 Å². The zero-order chi connectivity index (χ0) is 12.1. The van der Waals surface area contributed by atoms with E-state index < -0.39 is 0 Å². The van der Waals surface area contributed by atoms with Crippen LogP contribution in [-0.4, -0.2) is 16.1 Å². The summed E-state index contributed by atoms with van der Waals surface area (Å²) < 4.78 is 1.94. The molecule has 2 aromatic rings. The second kappa shape index (κ2) is 5.28. The fourth-order valence-electron chi connectivity index (χ4n) is 1.76. The summed E-state index contributed by atoms with van der Waals surface area (Å²) in [5.74, 6) is 0. The number of rotatable bonds is 4. The van der Waals surface area contributed by atoms with Gasteiger partial charge in [0.05, 0.1) is 18.0 Å². The molecule has 17 heavy (non-hydrogen) atoms. The van der Waals surface area contributed by atoms with Crippen molar-refractivity contribution in [3.63, 3.8) is 0 Å². The number of nitriles is 1. The van der Waals surface area contributed by atoms with E-state index in [4.69, 9.17) is 11.0 Å². The summed E-state index contributed by atoms with van der Waals surface area (Å²) in [6.45, 7) is 1.28. The van der Waals surface area contributed by atoms with Crippen LogP contribution in [0.5, 0.6) is 0 Å². The quantitative estimate of drug-likeness (QED) is 0.854. The molecule has 0 unspecified atom stereocenters. The zero-order valence-electron chi connectivity index (χ0n) is 9.50. The van der Waals surface area contributed by atoms with Gasteiger partial charge in [-0.1, -0.05) is 12.1 Å². The summed E-state index contributed by atoms with van der Waals surface area (Å²) in [4.78, 5) is 3.98. The zero-order valence-corrected chi connectivity index (χ0v) is 9.50. The molecule has 2 N–H and O–H groups in total. The van der Waals surface area contributed by atoms with Crippen LogP contribution in [0.2, 0.25) is 0 Å². The average molecular weight is 226 g/mol. The number of benzene rings is 1. The van der Waals surface area contributed by atoms with Gasteiger partial charge in [-0.3, -0.25) is 0 Å². The first kappa shape index (κ1) is 11.4. The van der Waals surface area contributed by atoms with Crippen molar-refractivity contribution >= 4 is 0 Å². The molecule has 0 saturated heterocycles. The first-order chi connectivity index (χ1) is 8.33. The van der Waals surface area contributed by atoms with Gasteiger partial charge in [0, 0.05) is 18.9 Å². The van der Waals surface area contributed by atoms with Gasteiger partial charge in [0.1, 0.15) is 0 Å². The third-order valence-electron chi connectivity index (χ3n) is 2.64. The minimum atomic E-state index is 0.603. The number of hydrogen-bond donors (Lipinski definition) is 1. The van der Waals surface area contributed by atoms with Gasteiger partial charge in [0.25, 0.3) is 0 Å². The van der Waals surface area contributed by atoms with Gasteiger partial charge in [-0.15, -0.1) is 0 Å². The molecule has 0 fully saturated rings. The van der Waals surface area contributed by atoms with Crippen molar-refractivity contribution in [2.75, 3.05) is 6.54 Å². The number of nitrogens with two attached hydrogens (primary N) is 1. The molecule has 0 aliphatic heterocycles. The Balaban J connectivity index is 2.25. The van der Waals surface area contributed by atoms with Gasteiger partial charge >= 0.3 is 0 Å². The third-order valence-corrected chi connectivity index (χ3v) is 2.64. The second-order valence-electron chi connectivity index (χ2n) is 3.88. The number of aromatic nitrogens is 2. The van der Waals surface area contributed by atoms with Crippen molar-refractivity contribution in [1.29, 1.82) is 5.26 Å². The van der Waals surface area contributed by atoms with Crippen molar-refractivity contribution in [3.8, 4) is 6.07 Å². The Labute approximate surface area is 100 Å². The van der Waals surface area contributed by atoms with Gasteiger partial charge < -0.3 is 10.3 Å². The molecular formula is C13H14N4. The lowest BCUT2D eigenvalue weighted by Gasteiger charge is -2.07. The summed E-state index contributed by atoms with van der Waals surface area (Å²) in [7, 11) is 0. The van der Waals surface area contributed by atoms with E-state index in [2.05, 4.69) is 11.1 Å². The molecule has 0 atom stereocenters. The van der Waals surface area contributed by atoms with E-state index in [1.165, 1.54) is 0 Å². The van der Waals surface area contributed by atoms with Crippen molar-refractivity contribution in [3.05, 3.63) is 53.6 Å². The molecule has 86 valence electrons.